The topological polar surface area (TPSA) is 108 Å². The van der Waals surface area contributed by atoms with Crippen LogP contribution >= 0.6 is 0 Å². The van der Waals surface area contributed by atoms with Crippen LogP contribution in [0.1, 0.15) is 16.1 Å². The summed E-state index contributed by atoms with van der Waals surface area (Å²) in [6.07, 6.45) is 1.17. The number of aromatic amines is 1. The Kier molecular flexibility index (Phi) is 7.20. The Hall–Kier alpha value is -4.45. The number of fused-ring (bicyclic) bond motifs is 1. The molecule has 1 fully saturated rings. The standard InChI is InChI=1S/C27H29F2N7O3/c1-15-11-17-23(29)21(13-18(28)24(17)33-15)39-27-22(26(37)30-2)25(31-14-32-27)34-19-6-5-16(12-20(19)38-4)36-9-7-35(3)8-10-36/h5-6,11-14,33H,7-10H2,1-4H3,(H,30,37)(H,31,32,34). The lowest BCUT2D eigenvalue weighted by Gasteiger charge is -2.34. The van der Waals surface area contributed by atoms with Gasteiger partial charge in [0.15, 0.2) is 23.2 Å². The van der Waals surface area contributed by atoms with Crippen molar-refractivity contribution in [2.75, 3.05) is 57.6 Å². The van der Waals surface area contributed by atoms with Crippen molar-refractivity contribution >= 4 is 34.0 Å². The van der Waals surface area contributed by atoms with E-state index in [1.807, 2.05) is 18.2 Å². The van der Waals surface area contributed by atoms with E-state index >= 15 is 4.39 Å². The molecule has 1 aliphatic heterocycles. The lowest BCUT2D eigenvalue weighted by molar-refractivity contribution is 0.0960. The maximum atomic E-state index is 15.2. The first-order chi connectivity index (χ1) is 18.8. The average molecular weight is 538 g/mol. The van der Waals surface area contributed by atoms with Gasteiger partial charge in [-0.15, -0.1) is 0 Å². The molecule has 0 saturated carbocycles. The van der Waals surface area contributed by atoms with Crippen LogP contribution in [0.15, 0.2) is 36.7 Å². The number of nitrogens with one attached hydrogen (secondary N) is 3. The molecule has 1 saturated heterocycles. The van der Waals surface area contributed by atoms with Gasteiger partial charge in [-0.25, -0.2) is 18.7 Å². The minimum Gasteiger partial charge on any atom is -0.494 e. The van der Waals surface area contributed by atoms with Crippen molar-refractivity contribution in [1.29, 1.82) is 0 Å². The van der Waals surface area contributed by atoms with Crippen LogP contribution in [-0.2, 0) is 0 Å². The van der Waals surface area contributed by atoms with E-state index in [4.69, 9.17) is 9.47 Å². The highest BCUT2D eigenvalue weighted by Gasteiger charge is 2.24. The summed E-state index contributed by atoms with van der Waals surface area (Å²) in [7, 11) is 5.08. The molecule has 39 heavy (non-hydrogen) atoms. The molecule has 0 radical (unpaired) electrons. The van der Waals surface area contributed by atoms with Crippen molar-refractivity contribution < 1.29 is 23.0 Å². The summed E-state index contributed by atoms with van der Waals surface area (Å²) < 4.78 is 41.2. The molecule has 3 N–H and O–H groups in total. The van der Waals surface area contributed by atoms with Gasteiger partial charge in [-0.3, -0.25) is 4.79 Å². The number of methoxy groups -OCH3 is 1. The number of ether oxygens (including phenoxy) is 2. The summed E-state index contributed by atoms with van der Waals surface area (Å²) in [5, 5.41) is 5.67. The predicted molar refractivity (Wildman–Crippen MR) is 144 cm³/mol. The highest BCUT2D eigenvalue weighted by atomic mass is 19.1. The van der Waals surface area contributed by atoms with Crippen molar-refractivity contribution in [1.82, 2.24) is 25.2 Å². The highest BCUT2D eigenvalue weighted by Crippen LogP contribution is 2.37. The molecule has 10 nitrogen and oxygen atoms in total. The Balaban J connectivity index is 1.49. The number of rotatable bonds is 7. The van der Waals surface area contributed by atoms with Crippen molar-refractivity contribution in [2.24, 2.45) is 0 Å². The van der Waals surface area contributed by atoms with E-state index in [0.717, 1.165) is 37.9 Å². The summed E-state index contributed by atoms with van der Waals surface area (Å²) >= 11 is 0. The second kappa shape index (κ2) is 10.7. The molecule has 1 amide bonds. The van der Waals surface area contributed by atoms with E-state index in [1.54, 1.807) is 14.0 Å². The summed E-state index contributed by atoms with van der Waals surface area (Å²) in [6, 6.07) is 8.10. The van der Waals surface area contributed by atoms with E-state index in [0.29, 0.717) is 17.1 Å². The largest absolute Gasteiger partial charge is 0.494 e. The molecular weight excluding hydrogens is 508 g/mol. The zero-order valence-electron chi connectivity index (χ0n) is 22.1. The van der Waals surface area contributed by atoms with E-state index in [1.165, 1.54) is 19.4 Å². The van der Waals surface area contributed by atoms with E-state index in [9.17, 15) is 9.18 Å². The average Bonchev–Trinajstić information content (AvgIpc) is 3.34. The van der Waals surface area contributed by atoms with Crippen molar-refractivity contribution in [3.05, 3.63) is 59.6 Å². The second-order valence-corrected chi connectivity index (χ2v) is 9.30. The number of hydrogen-bond acceptors (Lipinski definition) is 8. The number of H-pyrrole nitrogens is 1. The van der Waals surface area contributed by atoms with Gasteiger partial charge in [-0.05, 0) is 32.2 Å². The maximum Gasteiger partial charge on any atom is 0.260 e. The zero-order chi connectivity index (χ0) is 27.7. The molecule has 5 rings (SSSR count). The molecule has 2 aromatic carbocycles. The van der Waals surface area contributed by atoms with Crippen molar-refractivity contribution in [3.8, 4) is 17.4 Å². The van der Waals surface area contributed by atoms with Gasteiger partial charge in [-0.1, -0.05) is 0 Å². The van der Waals surface area contributed by atoms with Gasteiger partial charge in [0, 0.05) is 62.1 Å². The number of anilines is 3. The van der Waals surface area contributed by atoms with Gasteiger partial charge in [0.25, 0.3) is 5.91 Å². The summed E-state index contributed by atoms with van der Waals surface area (Å²) in [4.78, 5) is 28.5. The summed E-state index contributed by atoms with van der Waals surface area (Å²) in [5.41, 5.74) is 2.09. The number of amides is 1. The first-order valence-corrected chi connectivity index (χ1v) is 12.4. The molecule has 0 spiro atoms. The molecule has 204 valence electrons. The molecule has 0 bridgehead atoms. The molecule has 0 unspecified atom stereocenters. The number of aromatic nitrogens is 3. The lowest BCUT2D eigenvalue weighted by Crippen LogP contribution is -2.44. The van der Waals surface area contributed by atoms with Gasteiger partial charge in [0.1, 0.15) is 17.6 Å². The van der Waals surface area contributed by atoms with Crippen LogP contribution in [-0.4, -0.2) is 73.1 Å². The Morgan fingerprint density at radius 1 is 1.08 bits per heavy atom. The van der Waals surface area contributed by atoms with Crippen LogP contribution in [0, 0.1) is 18.6 Å². The number of benzene rings is 2. The maximum absolute atomic E-state index is 15.2. The van der Waals surface area contributed by atoms with E-state index in [-0.39, 0.29) is 28.2 Å². The Bertz CT molecular complexity index is 1530. The number of halogens is 2. The molecule has 4 aromatic rings. The number of carbonyl (C=O) groups is 1. The fourth-order valence-corrected chi connectivity index (χ4v) is 4.56. The molecule has 0 atom stereocenters. The minimum absolute atomic E-state index is 0.0287. The van der Waals surface area contributed by atoms with Crippen molar-refractivity contribution in [3.63, 3.8) is 0 Å². The molecular formula is C27H29F2N7O3. The SMILES string of the molecule is CNC(=O)c1c(Nc2ccc(N3CCN(C)CC3)cc2OC)ncnc1Oc1cc(F)c2[nH]c(C)cc2c1F. The van der Waals surface area contributed by atoms with Gasteiger partial charge < -0.3 is 34.9 Å². The van der Waals surface area contributed by atoms with Gasteiger partial charge in [0.05, 0.1) is 18.3 Å². The molecule has 2 aromatic heterocycles. The van der Waals surface area contributed by atoms with E-state index < -0.39 is 23.3 Å². The molecule has 0 aliphatic carbocycles. The van der Waals surface area contributed by atoms with Gasteiger partial charge in [-0.2, -0.15) is 0 Å². The summed E-state index contributed by atoms with van der Waals surface area (Å²) in [6.45, 7) is 5.40. The monoisotopic (exact) mass is 537 g/mol. The third kappa shape index (κ3) is 5.15. The van der Waals surface area contributed by atoms with Crippen molar-refractivity contribution in [2.45, 2.75) is 6.92 Å². The fraction of sp³-hybridized carbons (Fsp3) is 0.296. The van der Waals surface area contributed by atoms with Crippen LogP contribution in [0.4, 0.5) is 26.0 Å². The van der Waals surface area contributed by atoms with Crippen LogP contribution < -0.4 is 25.0 Å². The molecule has 3 heterocycles. The van der Waals surface area contributed by atoms with Crippen LogP contribution in [0.25, 0.3) is 10.9 Å². The smallest absolute Gasteiger partial charge is 0.260 e. The van der Waals surface area contributed by atoms with E-state index in [2.05, 4.69) is 42.4 Å². The Morgan fingerprint density at radius 3 is 2.56 bits per heavy atom. The van der Waals surface area contributed by atoms with Gasteiger partial charge in [0.2, 0.25) is 5.88 Å². The second-order valence-electron chi connectivity index (χ2n) is 9.30. The number of aryl methyl sites for hydroxylation is 1. The highest BCUT2D eigenvalue weighted by molar-refractivity contribution is 6.01. The fourth-order valence-electron chi connectivity index (χ4n) is 4.56. The first-order valence-electron chi connectivity index (χ1n) is 12.4. The summed E-state index contributed by atoms with van der Waals surface area (Å²) in [5.74, 6) is -2.09. The number of piperazine rings is 1. The van der Waals surface area contributed by atoms with Gasteiger partial charge >= 0.3 is 0 Å². The Labute approximate surface area is 223 Å². The normalized spacial score (nSPS) is 13.9. The quantitative estimate of drug-likeness (QED) is 0.322. The molecule has 1 aliphatic rings. The third-order valence-corrected chi connectivity index (χ3v) is 6.68. The van der Waals surface area contributed by atoms with Crippen LogP contribution in [0.5, 0.6) is 17.4 Å². The molecule has 12 heteroatoms. The first kappa shape index (κ1) is 26.2. The number of carbonyl (C=O) groups excluding carboxylic acids is 1. The zero-order valence-corrected chi connectivity index (χ0v) is 22.1. The predicted octanol–water partition coefficient (Wildman–Crippen LogP) is 4.20. The van der Waals surface area contributed by atoms with Crippen LogP contribution in [0.2, 0.25) is 0 Å². The number of nitrogens with zero attached hydrogens (tertiary/aromatic N) is 4. The lowest BCUT2D eigenvalue weighted by atomic mass is 10.2. The minimum atomic E-state index is -0.784. The third-order valence-electron chi connectivity index (χ3n) is 6.68. The number of likely N-dealkylation sites (N-methyl/N-ethyl adjacent to an activating group) is 1. The van der Waals surface area contributed by atoms with Crippen LogP contribution in [0.3, 0.4) is 0 Å². The number of hydrogen-bond donors (Lipinski definition) is 3. The Morgan fingerprint density at radius 2 is 1.85 bits per heavy atom.